The summed E-state index contributed by atoms with van der Waals surface area (Å²) in [5, 5.41) is 0. The van der Waals surface area contributed by atoms with Crippen LogP contribution in [-0.4, -0.2) is 6.54 Å². The smallest absolute Gasteiger partial charge is 0.0408 e. The molecule has 0 N–H and O–H groups in total. The van der Waals surface area contributed by atoms with Gasteiger partial charge in [0.15, 0.2) is 0 Å². The van der Waals surface area contributed by atoms with E-state index in [1.165, 1.54) is 11.3 Å². The van der Waals surface area contributed by atoms with Gasteiger partial charge in [-0.15, -0.1) is 12.8 Å². The molecule has 1 aromatic rings. The van der Waals surface area contributed by atoms with Gasteiger partial charge < -0.3 is 4.90 Å². The fraction of sp³-hybridized carbons (Fsp3) is 0.286. The third-order valence-corrected chi connectivity index (χ3v) is 2.12. The van der Waals surface area contributed by atoms with Crippen molar-refractivity contribution in [3.05, 3.63) is 42.1 Å². The average Bonchev–Trinajstić information content (AvgIpc) is 2.24. The Bertz CT molecular complexity index is 319. The van der Waals surface area contributed by atoms with Crippen LogP contribution in [0, 0.1) is 19.8 Å². The van der Waals surface area contributed by atoms with Crippen molar-refractivity contribution in [2.24, 2.45) is 0 Å². The Morgan fingerprint density at radius 3 is 2.07 bits per heavy atom. The molecule has 0 heterocycles. The number of rotatable bonds is 3. The molecule has 0 unspecified atom stereocenters. The summed E-state index contributed by atoms with van der Waals surface area (Å²) < 4.78 is 0. The van der Waals surface area contributed by atoms with Crippen LogP contribution in [0.4, 0.5) is 5.69 Å². The summed E-state index contributed by atoms with van der Waals surface area (Å²) in [6.07, 6.45) is 8.00. The van der Waals surface area contributed by atoms with E-state index in [2.05, 4.69) is 62.4 Å². The van der Waals surface area contributed by atoms with Crippen LogP contribution in [-0.2, 0) is 0 Å². The number of allylic oxidation sites excluding steroid dienone is 1. The van der Waals surface area contributed by atoms with Gasteiger partial charge in [0.05, 0.1) is 0 Å². The molecule has 0 aliphatic rings. The third kappa shape index (κ3) is 3.91. The lowest BCUT2D eigenvalue weighted by molar-refractivity contribution is 0.958. The molecule has 1 heteroatoms. The van der Waals surface area contributed by atoms with Crippen LogP contribution in [0.25, 0.3) is 0 Å². The maximum atomic E-state index is 4.00. The van der Waals surface area contributed by atoms with E-state index >= 15 is 0 Å². The molecule has 80 valence electrons. The SMILES string of the molecule is C#C.C=C(C)N(CC)c1ccc(C)cc1. The topological polar surface area (TPSA) is 3.24 Å². The minimum Gasteiger partial charge on any atom is -0.346 e. The standard InChI is InChI=1S/C12H17N.C2H2/c1-5-13(10(2)3)12-8-6-11(4)7-9-12;1-2/h6-9H,2,5H2,1,3-4H3;1-2H. The van der Waals surface area contributed by atoms with E-state index in [4.69, 9.17) is 0 Å². The van der Waals surface area contributed by atoms with Gasteiger partial charge in [0.2, 0.25) is 0 Å². The quantitative estimate of drug-likeness (QED) is 0.675. The van der Waals surface area contributed by atoms with Gasteiger partial charge in [-0.1, -0.05) is 24.3 Å². The van der Waals surface area contributed by atoms with Crippen molar-refractivity contribution in [1.29, 1.82) is 0 Å². The molecule has 0 aliphatic heterocycles. The first-order valence-corrected chi connectivity index (χ1v) is 4.98. The molecule has 0 atom stereocenters. The first-order valence-electron chi connectivity index (χ1n) is 4.98. The van der Waals surface area contributed by atoms with Gasteiger partial charge in [-0.25, -0.2) is 0 Å². The summed E-state index contributed by atoms with van der Waals surface area (Å²) >= 11 is 0. The fourth-order valence-corrected chi connectivity index (χ4v) is 1.40. The van der Waals surface area contributed by atoms with Crippen LogP contribution in [0.15, 0.2) is 36.5 Å². The molecular formula is C14H19N. The van der Waals surface area contributed by atoms with Crippen LogP contribution in [0.1, 0.15) is 19.4 Å². The molecule has 1 rings (SSSR count). The molecule has 0 saturated carbocycles. The van der Waals surface area contributed by atoms with Gasteiger partial charge in [0.25, 0.3) is 0 Å². The molecule has 0 aromatic heterocycles. The minimum absolute atomic E-state index is 0.971. The number of anilines is 1. The molecule has 0 spiro atoms. The number of nitrogens with zero attached hydrogens (tertiary/aromatic N) is 1. The van der Waals surface area contributed by atoms with Crippen LogP contribution in [0.2, 0.25) is 0 Å². The zero-order chi connectivity index (χ0) is 11.8. The van der Waals surface area contributed by atoms with E-state index in [1.807, 2.05) is 6.92 Å². The largest absolute Gasteiger partial charge is 0.346 e. The summed E-state index contributed by atoms with van der Waals surface area (Å²) in [5.74, 6) is 0. The lowest BCUT2D eigenvalue weighted by Crippen LogP contribution is -2.19. The molecule has 0 fully saturated rings. The number of hydrogen-bond donors (Lipinski definition) is 0. The highest BCUT2D eigenvalue weighted by atomic mass is 15.1. The van der Waals surface area contributed by atoms with Crippen molar-refractivity contribution >= 4 is 5.69 Å². The Morgan fingerprint density at radius 2 is 1.73 bits per heavy atom. The van der Waals surface area contributed by atoms with Crippen molar-refractivity contribution in [3.63, 3.8) is 0 Å². The Kier molecular flexibility index (Phi) is 5.97. The highest BCUT2D eigenvalue weighted by molar-refractivity contribution is 5.51. The maximum Gasteiger partial charge on any atom is 0.0408 e. The fourth-order valence-electron chi connectivity index (χ4n) is 1.40. The van der Waals surface area contributed by atoms with Crippen molar-refractivity contribution in [3.8, 4) is 12.8 Å². The van der Waals surface area contributed by atoms with Crippen LogP contribution in [0.3, 0.4) is 0 Å². The second kappa shape index (κ2) is 6.73. The van der Waals surface area contributed by atoms with E-state index in [0.29, 0.717) is 0 Å². The molecule has 0 bridgehead atoms. The van der Waals surface area contributed by atoms with Gasteiger partial charge in [-0.2, -0.15) is 0 Å². The first-order chi connectivity index (χ1) is 7.15. The summed E-state index contributed by atoms with van der Waals surface area (Å²) in [4.78, 5) is 2.19. The Balaban J connectivity index is 0.000000921. The lowest BCUT2D eigenvalue weighted by Gasteiger charge is -2.22. The van der Waals surface area contributed by atoms with Gasteiger partial charge >= 0.3 is 0 Å². The predicted octanol–water partition coefficient (Wildman–Crippen LogP) is 3.60. The van der Waals surface area contributed by atoms with Crippen molar-refractivity contribution in [1.82, 2.24) is 0 Å². The summed E-state index contributed by atoms with van der Waals surface area (Å²) in [7, 11) is 0. The van der Waals surface area contributed by atoms with Crippen LogP contribution in [0.5, 0.6) is 0 Å². The van der Waals surface area contributed by atoms with E-state index in [-0.39, 0.29) is 0 Å². The van der Waals surface area contributed by atoms with Gasteiger partial charge in [0.1, 0.15) is 0 Å². The van der Waals surface area contributed by atoms with Crippen LogP contribution < -0.4 is 4.90 Å². The molecule has 0 amide bonds. The normalized spacial score (nSPS) is 8.60. The van der Waals surface area contributed by atoms with Gasteiger partial charge in [0, 0.05) is 17.9 Å². The highest BCUT2D eigenvalue weighted by Crippen LogP contribution is 2.17. The van der Waals surface area contributed by atoms with Crippen molar-refractivity contribution in [2.75, 3.05) is 11.4 Å². The summed E-state index contributed by atoms with van der Waals surface area (Å²) in [6.45, 7) is 11.2. The molecule has 0 radical (unpaired) electrons. The molecule has 15 heavy (non-hydrogen) atoms. The van der Waals surface area contributed by atoms with E-state index in [1.54, 1.807) is 0 Å². The zero-order valence-corrected chi connectivity index (χ0v) is 9.83. The summed E-state index contributed by atoms with van der Waals surface area (Å²) in [5.41, 5.74) is 3.61. The lowest BCUT2D eigenvalue weighted by atomic mass is 10.2. The predicted molar refractivity (Wildman–Crippen MR) is 68.9 cm³/mol. The second-order valence-corrected chi connectivity index (χ2v) is 3.32. The first kappa shape index (κ1) is 13.3. The van der Waals surface area contributed by atoms with E-state index < -0.39 is 0 Å². The van der Waals surface area contributed by atoms with Gasteiger partial charge in [-0.3, -0.25) is 0 Å². The third-order valence-electron chi connectivity index (χ3n) is 2.12. The molecule has 0 aliphatic carbocycles. The minimum atomic E-state index is 0.971. The van der Waals surface area contributed by atoms with E-state index in [9.17, 15) is 0 Å². The molecule has 1 aromatic carbocycles. The molecule has 0 saturated heterocycles. The average molecular weight is 201 g/mol. The zero-order valence-electron chi connectivity index (χ0n) is 9.83. The Morgan fingerprint density at radius 1 is 1.27 bits per heavy atom. The monoisotopic (exact) mass is 201 g/mol. The van der Waals surface area contributed by atoms with E-state index in [0.717, 1.165) is 12.2 Å². The Hall–Kier alpha value is -1.68. The summed E-state index contributed by atoms with van der Waals surface area (Å²) in [6, 6.07) is 8.52. The number of hydrogen-bond acceptors (Lipinski definition) is 1. The second-order valence-electron chi connectivity index (χ2n) is 3.32. The Labute approximate surface area is 93.4 Å². The number of terminal acetylenes is 1. The molecule has 1 nitrogen and oxygen atoms in total. The number of aryl methyl sites for hydroxylation is 1. The number of benzene rings is 1. The van der Waals surface area contributed by atoms with Crippen LogP contribution >= 0.6 is 0 Å². The maximum absolute atomic E-state index is 4.00. The van der Waals surface area contributed by atoms with Crippen molar-refractivity contribution in [2.45, 2.75) is 20.8 Å². The molecular weight excluding hydrogens is 182 g/mol. The van der Waals surface area contributed by atoms with Gasteiger partial charge in [-0.05, 0) is 32.9 Å². The highest BCUT2D eigenvalue weighted by Gasteiger charge is 2.02. The van der Waals surface area contributed by atoms with Crippen molar-refractivity contribution < 1.29 is 0 Å².